The summed E-state index contributed by atoms with van der Waals surface area (Å²) in [4.78, 5) is 0.181. The number of fused-ring (bicyclic) bond motifs is 1. The number of nitrogens with zero attached hydrogens (tertiary/aromatic N) is 2. The highest BCUT2D eigenvalue weighted by atomic mass is 79.9. The lowest BCUT2D eigenvalue weighted by atomic mass is 10.3. The highest BCUT2D eigenvalue weighted by Gasteiger charge is 2.18. The van der Waals surface area contributed by atoms with Crippen LogP contribution in [0.1, 0.15) is 0 Å². The van der Waals surface area contributed by atoms with Crippen molar-refractivity contribution in [3.05, 3.63) is 46.9 Å². The van der Waals surface area contributed by atoms with Gasteiger partial charge in [-0.15, -0.1) is 0 Å². The van der Waals surface area contributed by atoms with Crippen LogP contribution in [-0.2, 0) is 10.0 Å². The van der Waals surface area contributed by atoms with Crippen molar-refractivity contribution in [2.24, 2.45) is 0 Å². The number of nitrogens with one attached hydrogen (secondary N) is 1. The molecule has 3 aromatic rings. The molecule has 20 heavy (non-hydrogen) atoms. The van der Waals surface area contributed by atoms with Crippen molar-refractivity contribution in [3.63, 3.8) is 0 Å². The first-order valence-electron chi connectivity index (χ1n) is 5.56. The third-order valence-corrected chi connectivity index (χ3v) is 5.58. The minimum absolute atomic E-state index is 0.181. The van der Waals surface area contributed by atoms with Gasteiger partial charge in [-0.2, -0.15) is 8.75 Å². The van der Waals surface area contributed by atoms with E-state index < -0.39 is 10.0 Å². The van der Waals surface area contributed by atoms with E-state index in [1.165, 1.54) is 6.07 Å². The monoisotopic (exact) mass is 369 g/mol. The van der Waals surface area contributed by atoms with E-state index in [0.717, 1.165) is 11.7 Å². The smallest absolute Gasteiger partial charge is 0.263 e. The normalized spacial score (nSPS) is 11.7. The van der Waals surface area contributed by atoms with Gasteiger partial charge in [0.2, 0.25) is 0 Å². The predicted molar refractivity (Wildman–Crippen MR) is 82.4 cm³/mol. The Labute approximate surface area is 128 Å². The number of rotatable bonds is 3. The molecule has 2 aromatic carbocycles. The average molecular weight is 370 g/mol. The highest BCUT2D eigenvalue weighted by Crippen LogP contribution is 2.27. The van der Waals surface area contributed by atoms with Crippen molar-refractivity contribution in [1.29, 1.82) is 0 Å². The Morgan fingerprint density at radius 3 is 2.65 bits per heavy atom. The van der Waals surface area contributed by atoms with Crippen molar-refractivity contribution in [1.82, 2.24) is 8.75 Å². The number of benzene rings is 2. The van der Waals surface area contributed by atoms with Gasteiger partial charge in [0.1, 0.15) is 15.9 Å². The largest absolute Gasteiger partial charge is 0.277 e. The van der Waals surface area contributed by atoms with Gasteiger partial charge in [-0.05, 0) is 40.2 Å². The van der Waals surface area contributed by atoms with E-state index >= 15 is 0 Å². The summed E-state index contributed by atoms with van der Waals surface area (Å²) in [7, 11) is -3.67. The van der Waals surface area contributed by atoms with Gasteiger partial charge in [0, 0.05) is 4.47 Å². The Bertz CT molecular complexity index is 877. The van der Waals surface area contributed by atoms with Crippen LogP contribution in [0.3, 0.4) is 0 Å². The summed E-state index contributed by atoms with van der Waals surface area (Å²) in [5.41, 5.74) is 1.64. The molecule has 0 atom stereocenters. The summed E-state index contributed by atoms with van der Waals surface area (Å²) in [5, 5.41) is 0. The molecule has 0 saturated carbocycles. The Hall–Kier alpha value is -1.51. The van der Waals surface area contributed by atoms with E-state index in [0.29, 0.717) is 21.2 Å². The van der Waals surface area contributed by atoms with E-state index in [2.05, 4.69) is 29.4 Å². The second-order valence-electron chi connectivity index (χ2n) is 3.97. The molecule has 0 aliphatic rings. The Balaban J connectivity index is 2.06. The molecule has 1 aromatic heterocycles. The second kappa shape index (κ2) is 5.12. The zero-order chi connectivity index (χ0) is 14.2. The van der Waals surface area contributed by atoms with Gasteiger partial charge < -0.3 is 0 Å². The summed E-state index contributed by atoms with van der Waals surface area (Å²) in [5.74, 6) is 0. The fourth-order valence-corrected chi connectivity index (χ4v) is 4.37. The molecule has 0 aliphatic carbocycles. The lowest BCUT2D eigenvalue weighted by Gasteiger charge is -2.09. The molecule has 5 nitrogen and oxygen atoms in total. The van der Waals surface area contributed by atoms with Crippen LogP contribution >= 0.6 is 27.7 Å². The highest BCUT2D eigenvalue weighted by molar-refractivity contribution is 9.10. The number of hydrogen-bond acceptors (Lipinski definition) is 5. The fourth-order valence-electron chi connectivity index (χ4n) is 1.75. The first kappa shape index (κ1) is 13.5. The molecular weight excluding hydrogens is 362 g/mol. The molecule has 102 valence electrons. The molecule has 3 rings (SSSR count). The molecule has 0 amide bonds. The Morgan fingerprint density at radius 1 is 1.05 bits per heavy atom. The topological polar surface area (TPSA) is 72.0 Å². The van der Waals surface area contributed by atoms with Crippen LogP contribution in [0.5, 0.6) is 0 Å². The van der Waals surface area contributed by atoms with Gasteiger partial charge in [0.25, 0.3) is 10.0 Å². The quantitative estimate of drug-likeness (QED) is 0.768. The summed E-state index contributed by atoms with van der Waals surface area (Å²) in [6.45, 7) is 0. The van der Waals surface area contributed by atoms with Crippen LogP contribution in [0.2, 0.25) is 0 Å². The molecule has 0 bridgehead atoms. The molecule has 1 N–H and O–H groups in total. The van der Waals surface area contributed by atoms with Crippen molar-refractivity contribution in [3.8, 4) is 0 Å². The van der Waals surface area contributed by atoms with E-state index in [1.807, 2.05) is 0 Å². The summed E-state index contributed by atoms with van der Waals surface area (Å²) >= 11 is 4.29. The third kappa shape index (κ3) is 2.41. The number of hydrogen-bond donors (Lipinski definition) is 1. The standard InChI is InChI=1S/C12H8BrN3O2S2/c13-8-4-1-2-7-11(8)20(17,18)16-10-6-3-5-9-12(10)15-19-14-9/h1-7,16H. The minimum atomic E-state index is -3.67. The molecule has 0 aliphatic heterocycles. The number of halogens is 1. The van der Waals surface area contributed by atoms with Crippen molar-refractivity contribution >= 4 is 54.4 Å². The average Bonchev–Trinajstić information content (AvgIpc) is 2.88. The lowest BCUT2D eigenvalue weighted by Crippen LogP contribution is -2.13. The van der Waals surface area contributed by atoms with Gasteiger partial charge in [-0.3, -0.25) is 4.72 Å². The summed E-state index contributed by atoms with van der Waals surface area (Å²) in [6.07, 6.45) is 0. The second-order valence-corrected chi connectivity index (χ2v) is 7.01. The van der Waals surface area contributed by atoms with Crippen LogP contribution in [0, 0.1) is 0 Å². The SMILES string of the molecule is O=S(=O)(Nc1cccc2nsnc12)c1ccccc1Br. The molecule has 1 heterocycles. The first-order chi connectivity index (χ1) is 9.58. The van der Waals surface area contributed by atoms with Gasteiger partial charge in [0.05, 0.1) is 17.4 Å². The molecule has 0 unspecified atom stereocenters. The van der Waals surface area contributed by atoms with E-state index in [1.54, 1.807) is 36.4 Å². The molecule has 8 heteroatoms. The van der Waals surface area contributed by atoms with E-state index in [4.69, 9.17) is 0 Å². The maximum Gasteiger partial charge on any atom is 0.263 e. The van der Waals surface area contributed by atoms with Crippen LogP contribution in [0.25, 0.3) is 11.0 Å². The van der Waals surface area contributed by atoms with E-state index in [9.17, 15) is 8.42 Å². The van der Waals surface area contributed by atoms with Crippen LogP contribution in [0.4, 0.5) is 5.69 Å². The Kier molecular flexibility index (Phi) is 3.45. The maximum absolute atomic E-state index is 12.4. The Morgan fingerprint density at radius 2 is 1.85 bits per heavy atom. The first-order valence-corrected chi connectivity index (χ1v) is 8.57. The van der Waals surface area contributed by atoms with Gasteiger partial charge in [0.15, 0.2) is 0 Å². The lowest BCUT2D eigenvalue weighted by molar-refractivity contribution is 0.601. The summed E-state index contributed by atoms with van der Waals surface area (Å²) < 4.78 is 36.1. The predicted octanol–water partition coefficient (Wildman–Crippen LogP) is 3.25. The molecular formula is C12H8BrN3O2S2. The molecule has 0 radical (unpaired) electrons. The third-order valence-electron chi connectivity index (χ3n) is 2.66. The van der Waals surface area contributed by atoms with Gasteiger partial charge >= 0.3 is 0 Å². The van der Waals surface area contributed by atoms with E-state index in [-0.39, 0.29) is 4.90 Å². The van der Waals surface area contributed by atoms with Crippen LogP contribution < -0.4 is 4.72 Å². The molecule has 0 fully saturated rings. The number of aromatic nitrogens is 2. The zero-order valence-corrected chi connectivity index (χ0v) is 13.2. The van der Waals surface area contributed by atoms with Gasteiger partial charge in [-0.25, -0.2) is 8.42 Å². The molecule has 0 spiro atoms. The molecule has 0 saturated heterocycles. The number of sulfonamides is 1. The zero-order valence-electron chi connectivity index (χ0n) is 9.95. The minimum Gasteiger partial charge on any atom is -0.277 e. The van der Waals surface area contributed by atoms with Gasteiger partial charge in [-0.1, -0.05) is 18.2 Å². The van der Waals surface area contributed by atoms with Crippen molar-refractivity contribution < 1.29 is 8.42 Å². The van der Waals surface area contributed by atoms with Crippen LogP contribution in [0.15, 0.2) is 51.8 Å². The fraction of sp³-hybridized carbons (Fsp3) is 0. The van der Waals surface area contributed by atoms with Crippen LogP contribution in [-0.4, -0.2) is 17.2 Å². The number of anilines is 1. The van der Waals surface area contributed by atoms with Crippen molar-refractivity contribution in [2.75, 3.05) is 4.72 Å². The maximum atomic E-state index is 12.4. The summed E-state index contributed by atoms with van der Waals surface area (Å²) in [6, 6.07) is 11.8. The van der Waals surface area contributed by atoms with Crippen molar-refractivity contribution in [2.45, 2.75) is 4.90 Å².